The molecule has 1 aromatic carbocycles. The number of benzene rings is 1. The smallest absolute Gasteiger partial charge is 0.407 e. The van der Waals surface area contributed by atoms with Gasteiger partial charge in [0.15, 0.2) is 0 Å². The Morgan fingerprint density at radius 1 is 1.03 bits per heavy atom. The lowest BCUT2D eigenvalue weighted by molar-refractivity contribution is -0.127. The normalized spacial score (nSPS) is 11.7. The summed E-state index contributed by atoms with van der Waals surface area (Å²) < 4.78 is 5.12. The third-order valence-electron chi connectivity index (χ3n) is 4.56. The molecule has 1 aromatic heterocycles. The van der Waals surface area contributed by atoms with E-state index in [0.29, 0.717) is 17.8 Å². The molecule has 11 heteroatoms. The Morgan fingerprint density at radius 2 is 1.71 bits per heavy atom. The van der Waals surface area contributed by atoms with Crippen LogP contribution in [-0.2, 0) is 20.9 Å². The number of hydrogen-bond acceptors (Lipinski definition) is 7. The molecular weight excluding hydrogens is 450 g/mol. The Morgan fingerprint density at radius 3 is 2.31 bits per heavy atom. The number of carbonyl (C=O) groups is 3. The van der Waals surface area contributed by atoms with Gasteiger partial charge in [0.2, 0.25) is 11.8 Å². The summed E-state index contributed by atoms with van der Waals surface area (Å²) in [6.07, 6.45) is 1.02. The van der Waals surface area contributed by atoms with Crippen molar-refractivity contribution in [3.63, 3.8) is 0 Å². The summed E-state index contributed by atoms with van der Waals surface area (Å²) in [5.74, 6) is -0.829. The molecule has 11 nitrogen and oxygen atoms in total. The molecule has 1 atom stereocenters. The van der Waals surface area contributed by atoms with E-state index in [4.69, 9.17) is 15.9 Å². The highest BCUT2D eigenvalue weighted by Crippen LogP contribution is 2.12. The van der Waals surface area contributed by atoms with Gasteiger partial charge in [-0.3, -0.25) is 25.3 Å². The first-order valence-corrected chi connectivity index (χ1v) is 11.1. The fraction of sp³-hybridized carbons (Fsp3) is 0.375. The van der Waals surface area contributed by atoms with Gasteiger partial charge in [-0.2, -0.15) is 0 Å². The predicted molar refractivity (Wildman–Crippen MR) is 132 cm³/mol. The molecule has 0 saturated heterocycles. The topological polar surface area (TPSA) is 171 Å². The number of nitrogens with two attached hydrogens (primary N) is 1. The van der Waals surface area contributed by atoms with E-state index < -0.39 is 29.6 Å². The average Bonchev–Trinajstić information content (AvgIpc) is 2.80. The van der Waals surface area contributed by atoms with Crippen molar-refractivity contribution in [2.75, 3.05) is 19.6 Å². The number of carbonyl (C=O) groups excluding carboxylic acids is 3. The van der Waals surface area contributed by atoms with Crippen LogP contribution in [0.25, 0.3) is 0 Å². The number of ether oxygens (including phenoxy) is 1. The maximum atomic E-state index is 12.9. The Balaban J connectivity index is 1.84. The van der Waals surface area contributed by atoms with Gasteiger partial charge in [0.25, 0.3) is 0 Å². The van der Waals surface area contributed by atoms with Crippen molar-refractivity contribution in [3.8, 4) is 0 Å². The second kappa shape index (κ2) is 13.0. The Hall–Kier alpha value is -3.99. The number of pyridine rings is 1. The number of alkyl carbamates (subject to hydrolysis) is 1. The second-order valence-corrected chi connectivity index (χ2v) is 8.68. The van der Waals surface area contributed by atoms with Gasteiger partial charge in [-0.25, -0.2) is 4.79 Å². The number of nitrogen functional groups attached to an aromatic ring is 1. The lowest BCUT2D eigenvalue weighted by Gasteiger charge is -2.19. The molecule has 0 fully saturated rings. The Kier molecular flexibility index (Phi) is 10.2. The van der Waals surface area contributed by atoms with Crippen molar-refractivity contribution in [1.29, 1.82) is 5.41 Å². The molecule has 0 aliphatic rings. The van der Waals surface area contributed by atoms with Crippen molar-refractivity contribution in [2.45, 2.75) is 39.0 Å². The number of aromatic nitrogens is 1. The van der Waals surface area contributed by atoms with Crippen LogP contribution in [0.4, 0.5) is 4.79 Å². The quantitative estimate of drug-likeness (QED) is 0.157. The van der Waals surface area contributed by atoms with Gasteiger partial charge in [-0.05, 0) is 38.5 Å². The zero-order valence-corrected chi connectivity index (χ0v) is 20.2. The molecule has 35 heavy (non-hydrogen) atoms. The third kappa shape index (κ3) is 10.2. The van der Waals surface area contributed by atoms with E-state index >= 15 is 0 Å². The number of hydrogen-bond donors (Lipinski definition) is 6. The van der Waals surface area contributed by atoms with E-state index in [1.54, 1.807) is 57.3 Å². The first kappa shape index (κ1) is 27.3. The van der Waals surface area contributed by atoms with Gasteiger partial charge < -0.3 is 26.4 Å². The first-order chi connectivity index (χ1) is 16.5. The molecule has 2 rings (SSSR count). The third-order valence-corrected chi connectivity index (χ3v) is 4.56. The fourth-order valence-corrected chi connectivity index (χ4v) is 2.91. The van der Waals surface area contributed by atoms with Gasteiger partial charge in [0.1, 0.15) is 17.5 Å². The molecule has 0 aliphatic heterocycles. The maximum Gasteiger partial charge on any atom is 0.407 e. The molecule has 0 bridgehead atoms. The van der Waals surface area contributed by atoms with Gasteiger partial charge in [-0.1, -0.05) is 30.3 Å². The van der Waals surface area contributed by atoms with Crippen molar-refractivity contribution in [2.24, 2.45) is 5.73 Å². The summed E-state index contributed by atoms with van der Waals surface area (Å²) >= 11 is 0. The molecule has 0 spiro atoms. The van der Waals surface area contributed by atoms with Gasteiger partial charge in [-0.15, -0.1) is 0 Å². The van der Waals surface area contributed by atoms with Gasteiger partial charge >= 0.3 is 6.09 Å². The van der Waals surface area contributed by atoms with Crippen molar-refractivity contribution >= 4 is 23.7 Å². The summed E-state index contributed by atoms with van der Waals surface area (Å²) in [5, 5.41) is 18.4. The van der Waals surface area contributed by atoms with E-state index in [9.17, 15) is 14.4 Å². The minimum absolute atomic E-state index is 0.0193. The number of amidine groups is 1. The van der Waals surface area contributed by atoms with Crippen molar-refractivity contribution < 1.29 is 19.1 Å². The predicted octanol–water partition coefficient (Wildman–Crippen LogP) is 0.954. The van der Waals surface area contributed by atoms with Crippen LogP contribution in [0.3, 0.4) is 0 Å². The van der Waals surface area contributed by atoms with Crippen LogP contribution in [0, 0.1) is 5.41 Å². The SMILES string of the molecule is CC(C)(C)OC(=O)NCCNC(=O)CNC(=O)C(NCc1ccc(C(=N)N)cc1)c1ccccn1. The zero-order valence-electron chi connectivity index (χ0n) is 20.2. The molecule has 188 valence electrons. The highest BCUT2D eigenvalue weighted by atomic mass is 16.6. The van der Waals surface area contributed by atoms with Gasteiger partial charge in [0, 0.05) is 31.4 Å². The molecule has 3 amide bonds. The Labute approximate surface area is 204 Å². The number of rotatable bonds is 11. The summed E-state index contributed by atoms with van der Waals surface area (Å²) in [5.41, 5.74) is 6.89. The summed E-state index contributed by atoms with van der Waals surface area (Å²) in [6.45, 7) is 5.77. The van der Waals surface area contributed by atoms with E-state index in [2.05, 4.69) is 26.3 Å². The summed E-state index contributed by atoms with van der Waals surface area (Å²) in [7, 11) is 0. The molecule has 0 radical (unpaired) electrons. The van der Waals surface area contributed by atoms with E-state index in [1.165, 1.54) is 0 Å². The lowest BCUT2D eigenvalue weighted by Crippen LogP contribution is -2.44. The number of amides is 3. The van der Waals surface area contributed by atoms with Crippen LogP contribution in [0.15, 0.2) is 48.7 Å². The fourth-order valence-electron chi connectivity index (χ4n) is 2.91. The van der Waals surface area contributed by atoms with Crippen LogP contribution >= 0.6 is 0 Å². The summed E-state index contributed by atoms with van der Waals surface area (Å²) in [6, 6.07) is 11.6. The minimum atomic E-state index is -0.787. The molecule has 0 saturated carbocycles. The number of nitrogens with one attached hydrogen (secondary N) is 5. The molecule has 0 aliphatic carbocycles. The standard InChI is InChI=1S/C24H33N7O4/c1-24(2,3)35-23(34)29-13-12-28-19(32)15-31-22(33)20(18-6-4-5-11-27-18)30-14-16-7-9-17(10-8-16)21(25)26/h4-11,20,30H,12-15H2,1-3H3,(H3,25,26)(H,28,32)(H,29,34)(H,31,33). The molecule has 7 N–H and O–H groups in total. The van der Waals surface area contributed by atoms with Crippen LogP contribution in [0.2, 0.25) is 0 Å². The van der Waals surface area contributed by atoms with E-state index in [0.717, 1.165) is 5.56 Å². The summed E-state index contributed by atoms with van der Waals surface area (Å²) in [4.78, 5) is 40.8. The van der Waals surface area contributed by atoms with Crippen LogP contribution in [0.1, 0.15) is 43.6 Å². The highest BCUT2D eigenvalue weighted by Gasteiger charge is 2.22. The second-order valence-electron chi connectivity index (χ2n) is 8.68. The Bertz CT molecular complexity index is 1000. The molecule has 1 unspecified atom stereocenters. The van der Waals surface area contributed by atoms with Crippen LogP contribution in [0.5, 0.6) is 0 Å². The van der Waals surface area contributed by atoms with E-state index in [1.807, 2.05) is 12.1 Å². The first-order valence-electron chi connectivity index (χ1n) is 11.1. The van der Waals surface area contributed by atoms with Crippen LogP contribution in [-0.4, -0.2) is 54.0 Å². The van der Waals surface area contributed by atoms with Crippen molar-refractivity contribution in [3.05, 3.63) is 65.5 Å². The highest BCUT2D eigenvalue weighted by molar-refractivity contribution is 5.94. The molecule has 2 aromatic rings. The van der Waals surface area contributed by atoms with Crippen molar-refractivity contribution in [1.82, 2.24) is 26.3 Å². The largest absolute Gasteiger partial charge is 0.444 e. The average molecular weight is 484 g/mol. The van der Waals surface area contributed by atoms with Crippen LogP contribution < -0.4 is 27.0 Å². The van der Waals surface area contributed by atoms with Gasteiger partial charge in [0.05, 0.1) is 12.2 Å². The zero-order chi connectivity index (χ0) is 25.8. The minimum Gasteiger partial charge on any atom is -0.444 e. The molecule has 1 heterocycles. The molecular formula is C24H33N7O4. The monoisotopic (exact) mass is 483 g/mol. The maximum absolute atomic E-state index is 12.9. The lowest BCUT2D eigenvalue weighted by atomic mass is 10.1. The van der Waals surface area contributed by atoms with E-state index in [-0.39, 0.29) is 25.5 Å². The number of nitrogens with zero attached hydrogens (tertiary/aromatic N) is 1.